The summed E-state index contributed by atoms with van der Waals surface area (Å²) in [6, 6.07) is 15.4. The molecule has 0 saturated heterocycles. The van der Waals surface area contributed by atoms with E-state index in [1.807, 2.05) is 37.4 Å². The lowest BCUT2D eigenvalue weighted by atomic mass is 10.2. The Morgan fingerprint density at radius 1 is 1.08 bits per heavy atom. The van der Waals surface area contributed by atoms with Crippen molar-refractivity contribution >= 4 is 15.9 Å². The van der Waals surface area contributed by atoms with Crippen LogP contribution in [-0.2, 0) is 16.6 Å². The van der Waals surface area contributed by atoms with Crippen LogP contribution in [0.4, 0.5) is 0 Å². The molecule has 2 aromatic rings. The average molecular weight is 361 g/mol. The molecule has 0 aliphatic rings. The van der Waals surface area contributed by atoms with Crippen molar-refractivity contribution in [2.24, 2.45) is 0 Å². The number of carbonyl (C=O) groups is 1. The van der Waals surface area contributed by atoms with Gasteiger partial charge in [0, 0.05) is 32.2 Å². The first-order valence-electron chi connectivity index (χ1n) is 7.98. The van der Waals surface area contributed by atoms with Crippen LogP contribution in [0.3, 0.4) is 0 Å². The van der Waals surface area contributed by atoms with E-state index in [0.717, 1.165) is 5.56 Å². The maximum absolute atomic E-state index is 12.5. The van der Waals surface area contributed by atoms with Crippen LogP contribution in [0, 0.1) is 0 Å². The molecule has 0 bridgehead atoms. The number of hydrogen-bond donors (Lipinski definition) is 2. The van der Waals surface area contributed by atoms with Crippen molar-refractivity contribution in [3.63, 3.8) is 0 Å². The second kappa shape index (κ2) is 8.75. The van der Waals surface area contributed by atoms with Gasteiger partial charge in [-0.1, -0.05) is 36.4 Å². The Balaban J connectivity index is 2.12. The molecule has 134 valence electrons. The molecular formula is C18H23N3O3S. The highest BCUT2D eigenvalue weighted by Crippen LogP contribution is 2.13. The highest BCUT2D eigenvalue weighted by Gasteiger charge is 2.17. The topological polar surface area (TPSA) is 78.5 Å². The largest absolute Gasteiger partial charge is 0.340 e. The Morgan fingerprint density at radius 3 is 2.48 bits per heavy atom. The van der Waals surface area contributed by atoms with E-state index < -0.39 is 10.0 Å². The summed E-state index contributed by atoms with van der Waals surface area (Å²) in [5.74, 6) is -0.213. The van der Waals surface area contributed by atoms with Crippen molar-refractivity contribution in [3.05, 3.63) is 65.7 Å². The predicted molar refractivity (Wildman–Crippen MR) is 97.8 cm³/mol. The number of sulfonamides is 1. The Morgan fingerprint density at radius 2 is 1.80 bits per heavy atom. The number of nitrogens with one attached hydrogen (secondary N) is 2. The van der Waals surface area contributed by atoms with Crippen LogP contribution >= 0.6 is 0 Å². The number of likely N-dealkylation sites (N-methyl/N-ethyl adjacent to an activating group) is 2. The summed E-state index contributed by atoms with van der Waals surface area (Å²) >= 11 is 0. The predicted octanol–water partition coefficient (Wildman–Crippen LogP) is 1.46. The highest BCUT2D eigenvalue weighted by molar-refractivity contribution is 7.89. The van der Waals surface area contributed by atoms with Crippen molar-refractivity contribution < 1.29 is 13.2 Å². The highest BCUT2D eigenvalue weighted by atomic mass is 32.2. The molecule has 2 N–H and O–H groups in total. The lowest BCUT2D eigenvalue weighted by Gasteiger charge is -2.17. The van der Waals surface area contributed by atoms with Crippen LogP contribution < -0.4 is 10.0 Å². The Bertz CT molecular complexity index is 807. The molecule has 0 aliphatic heterocycles. The van der Waals surface area contributed by atoms with Gasteiger partial charge in [-0.3, -0.25) is 4.79 Å². The van der Waals surface area contributed by atoms with Gasteiger partial charge in [-0.05, 0) is 30.8 Å². The normalized spacial score (nSPS) is 11.3. The second-order valence-corrected chi connectivity index (χ2v) is 7.44. The SMILES string of the molecule is CNCCN(C)C(=O)c1cccc(S(=O)(=O)NCc2ccccc2)c1. The van der Waals surface area contributed by atoms with Crippen LogP contribution in [0.15, 0.2) is 59.5 Å². The van der Waals surface area contributed by atoms with Gasteiger partial charge in [-0.2, -0.15) is 0 Å². The average Bonchev–Trinajstić information content (AvgIpc) is 2.65. The number of carbonyl (C=O) groups excluding carboxylic acids is 1. The molecule has 2 rings (SSSR count). The molecule has 0 spiro atoms. The number of benzene rings is 2. The van der Waals surface area contributed by atoms with Gasteiger partial charge >= 0.3 is 0 Å². The first kappa shape index (κ1) is 19.1. The maximum atomic E-state index is 12.5. The fourth-order valence-electron chi connectivity index (χ4n) is 2.26. The summed E-state index contributed by atoms with van der Waals surface area (Å²) in [7, 11) is -0.192. The van der Waals surface area contributed by atoms with Gasteiger partial charge in [0.15, 0.2) is 0 Å². The molecule has 1 amide bonds. The molecule has 0 unspecified atom stereocenters. The second-order valence-electron chi connectivity index (χ2n) is 5.67. The molecule has 0 heterocycles. The number of rotatable bonds is 8. The summed E-state index contributed by atoms with van der Waals surface area (Å²) in [4.78, 5) is 14.0. The molecule has 2 aromatic carbocycles. The van der Waals surface area contributed by atoms with Gasteiger partial charge in [-0.15, -0.1) is 0 Å². The molecule has 0 fully saturated rings. The lowest BCUT2D eigenvalue weighted by molar-refractivity contribution is 0.0796. The van der Waals surface area contributed by atoms with Crippen LogP contribution in [-0.4, -0.2) is 46.4 Å². The summed E-state index contributed by atoms with van der Waals surface area (Å²) in [6.07, 6.45) is 0. The minimum absolute atomic E-state index is 0.0799. The zero-order valence-electron chi connectivity index (χ0n) is 14.4. The standard InChI is InChI=1S/C18H23N3O3S/c1-19-11-12-21(2)18(22)16-9-6-10-17(13-16)25(23,24)20-14-15-7-4-3-5-8-15/h3-10,13,19-20H,11-12,14H2,1-2H3. The van der Waals surface area contributed by atoms with Gasteiger partial charge in [-0.25, -0.2) is 13.1 Å². The van der Waals surface area contributed by atoms with Crippen LogP contribution in [0.1, 0.15) is 15.9 Å². The van der Waals surface area contributed by atoms with Crippen molar-refractivity contribution in [2.45, 2.75) is 11.4 Å². The fraction of sp³-hybridized carbons (Fsp3) is 0.278. The molecule has 0 saturated carbocycles. The molecule has 0 aliphatic carbocycles. The number of hydrogen-bond acceptors (Lipinski definition) is 4. The zero-order valence-corrected chi connectivity index (χ0v) is 15.2. The van der Waals surface area contributed by atoms with Gasteiger partial charge in [0.1, 0.15) is 0 Å². The zero-order chi connectivity index (χ0) is 18.3. The smallest absolute Gasteiger partial charge is 0.253 e. The van der Waals surface area contributed by atoms with E-state index in [1.54, 1.807) is 24.1 Å². The monoisotopic (exact) mass is 361 g/mol. The third-order valence-corrected chi connectivity index (χ3v) is 5.14. The van der Waals surface area contributed by atoms with Crippen LogP contribution in [0.5, 0.6) is 0 Å². The summed E-state index contributed by atoms with van der Waals surface area (Å²) in [5.41, 5.74) is 1.21. The van der Waals surface area contributed by atoms with E-state index in [-0.39, 0.29) is 17.3 Å². The Hall–Kier alpha value is -2.22. The first-order valence-corrected chi connectivity index (χ1v) is 9.46. The summed E-state index contributed by atoms with van der Waals surface area (Å²) in [6.45, 7) is 1.40. The van der Waals surface area contributed by atoms with E-state index in [1.165, 1.54) is 12.1 Å². The molecular weight excluding hydrogens is 338 g/mol. The molecule has 25 heavy (non-hydrogen) atoms. The Kier molecular flexibility index (Phi) is 6.69. The van der Waals surface area contributed by atoms with E-state index in [4.69, 9.17) is 0 Å². The van der Waals surface area contributed by atoms with Crippen LogP contribution in [0.25, 0.3) is 0 Å². The Labute approximate surface area is 148 Å². The molecule has 0 aromatic heterocycles. The van der Waals surface area contributed by atoms with Crippen molar-refractivity contribution in [3.8, 4) is 0 Å². The quantitative estimate of drug-likeness (QED) is 0.746. The van der Waals surface area contributed by atoms with Crippen molar-refractivity contribution in [1.29, 1.82) is 0 Å². The number of nitrogens with zero attached hydrogens (tertiary/aromatic N) is 1. The minimum Gasteiger partial charge on any atom is -0.340 e. The van der Waals surface area contributed by atoms with Gasteiger partial charge in [0.05, 0.1) is 4.90 Å². The summed E-state index contributed by atoms with van der Waals surface area (Å²) in [5, 5.41) is 2.97. The summed E-state index contributed by atoms with van der Waals surface area (Å²) < 4.78 is 27.5. The maximum Gasteiger partial charge on any atom is 0.253 e. The van der Waals surface area contributed by atoms with E-state index in [9.17, 15) is 13.2 Å². The van der Waals surface area contributed by atoms with Gasteiger partial charge in [0.25, 0.3) is 5.91 Å². The van der Waals surface area contributed by atoms with Crippen molar-refractivity contribution in [2.75, 3.05) is 27.2 Å². The van der Waals surface area contributed by atoms with Gasteiger partial charge < -0.3 is 10.2 Å². The van der Waals surface area contributed by atoms with Crippen molar-refractivity contribution in [1.82, 2.24) is 14.9 Å². The lowest BCUT2D eigenvalue weighted by Crippen LogP contribution is -2.33. The van der Waals surface area contributed by atoms with Crippen LogP contribution in [0.2, 0.25) is 0 Å². The molecule has 0 radical (unpaired) electrons. The molecule has 0 atom stereocenters. The van der Waals surface area contributed by atoms with E-state index in [0.29, 0.717) is 18.7 Å². The first-order chi connectivity index (χ1) is 11.9. The minimum atomic E-state index is -3.69. The van der Waals surface area contributed by atoms with E-state index in [2.05, 4.69) is 10.0 Å². The molecule has 6 nitrogen and oxygen atoms in total. The van der Waals surface area contributed by atoms with E-state index >= 15 is 0 Å². The van der Waals surface area contributed by atoms with Gasteiger partial charge in [0.2, 0.25) is 10.0 Å². The fourth-order valence-corrected chi connectivity index (χ4v) is 3.32. The third kappa shape index (κ3) is 5.38. The molecule has 7 heteroatoms. The third-order valence-electron chi connectivity index (χ3n) is 3.74. The number of amides is 1.